The molecule has 126 valence electrons. The topological polar surface area (TPSA) is 58.6 Å². The zero-order chi connectivity index (χ0) is 16.7. The molecule has 2 saturated carbocycles. The lowest BCUT2D eigenvalue weighted by molar-refractivity contribution is -0.274. The maximum atomic E-state index is 12.4. The number of aliphatic hydroxyl groups excluding tert-OH is 1. The number of benzene rings is 1. The minimum Gasteiger partial charge on any atom is -0.405 e. The second kappa shape index (κ2) is 5.70. The second-order valence-corrected chi connectivity index (χ2v) is 6.41. The minimum atomic E-state index is -4.75. The highest BCUT2D eigenvalue weighted by molar-refractivity contribution is 5.83. The molecule has 23 heavy (non-hydrogen) atoms. The Balaban J connectivity index is 1.61. The summed E-state index contributed by atoms with van der Waals surface area (Å²) in [6.07, 6.45) is -2.46. The molecule has 1 aromatic carbocycles. The molecule has 2 N–H and O–H groups in total. The quantitative estimate of drug-likeness (QED) is 0.843. The number of nitrogens with one attached hydrogen (secondary N) is 1. The van der Waals surface area contributed by atoms with Gasteiger partial charge in [0.15, 0.2) is 0 Å². The van der Waals surface area contributed by atoms with E-state index >= 15 is 0 Å². The van der Waals surface area contributed by atoms with Gasteiger partial charge in [-0.1, -0.05) is 18.2 Å². The van der Waals surface area contributed by atoms with Crippen LogP contribution in [0.15, 0.2) is 24.3 Å². The summed E-state index contributed by atoms with van der Waals surface area (Å²) < 4.78 is 41.3. The van der Waals surface area contributed by atoms with Gasteiger partial charge in [-0.05, 0) is 36.8 Å². The lowest BCUT2D eigenvalue weighted by Crippen LogP contribution is -2.33. The van der Waals surface area contributed by atoms with Crippen LogP contribution in [0.5, 0.6) is 5.75 Å². The van der Waals surface area contributed by atoms with E-state index in [0.717, 1.165) is 12.8 Å². The van der Waals surface area contributed by atoms with Gasteiger partial charge in [-0.2, -0.15) is 0 Å². The average molecular weight is 329 g/mol. The van der Waals surface area contributed by atoms with Crippen molar-refractivity contribution in [3.63, 3.8) is 0 Å². The van der Waals surface area contributed by atoms with Gasteiger partial charge in [0.2, 0.25) is 5.91 Å². The molecule has 0 aliphatic heterocycles. The molecule has 3 rings (SSSR count). The first kappa shape index (κ1) is 16.1. The molecule has 2 aliphatic carbocycles. The average Bonchev–Trinajstić information content (AvgIpc) is 3.38. The van der Waals surface area contributed by atoms with E-state index in [1.807, 2.05) is 0 Å². The van der Waals surface area contributed by atoms with Gasteiger partial charge in [-0.3, -0.25) is 4.79 Å². The summed E-state index contributed by atoms with van der Waals surface area (Å²) in [6.45, 7) is 0.468. The van der Waals surface area contributed by atoms with Crippen LogP contribution >= 0.6 is 0 Å². The standard InChI is InChI=1S/C16H18F3NO3/c17-16(18,19)23-13-4-2-1-3-10(13)11-7-12(11)14(22)20-8-15(9-21)5-6-15/h1-4,11-12,21H,5-9H2,(H,20,22). The van der Waals surface area contributed by atoms with Crippen LogP contribution in [0.2, 0.25) is 0 Å². The molecule has 0 saturated heterocycles. The molecule has 0 radical (unpaired) electrons. The summed E-state index contributed by atoms with van der Waals surface area (Å²) in [6, 6.07) is 5.94. The van der Waals surface area contributed by atoms with Gasteiger partial charge in [-0.15, -0.1) is 13.2 Å². The van der Waals surface area contributed by atoms with Gasteiger partial charge in [0.25, 0.3) is 0 Å². The Morgan fingerprint density at radius 1 is 1.35 bits per heavy atom. The molecular formula is C16H18F3NO3. The fraction of sp³-hybridized carbons (Fsp3) is 0.562. The Bertz CT molecular complexity index is 598. The number of halogens is 3. The van der Waals surface area contributed by atoms with E-state index in [1.54, 1.807) is 12.1 Å². The van der Waals surface area contributed by atoms with Crippen molar-refractivity contribution in [2.45, 2.75) is 31.5 Å². The van der Waals surface area contributed by atoms with Gasteiger partial charge in [0, 0.05) is 17.9 Å². The Morgan fingerprint density at radius 3 is 2.65 bits per heavy atom. The fourth-order valence-electron chi connectivity index (χ4n) is 2.81. The van der Waals surface area contributed by atoms with Gasteiger partial charge >= 0.3 is 6.36 Å². The molecule has 2 atom stereocenters. The zero-order valence-corrected chi connectivity index (χ0v) is 12.4. The number of rotatable bonds is 6. The second-order valence-electron chi connectivity index (χ2n) is 6.41. The van der Waals surface area contributed by atoms with Crippen LogP contribution in [-0.4, -0.2) is 30.5 Å². The third-order valence-electron chi connectivity index (χ3n) is 4.60. The predicted octanol–water partition coefficient (Wildman–Crippen LogP) is 2.58. The van der Waals surface area contributed by atoms with Crippen molar-refractivity contribution < 1.29 is 27.8 Å². The number of hydrogen-bond acceptors (Lipinski definition) is 3. The van der Waals surface area contributed by atoms with Gasteiger partial charge in [0.05, 0.1) is 6.61 Å². The molecule has 0 heterocycles. The maximum Gasteiger partial charge on any atom is 0.573 e. The predicted molar refractivity (Wildman–Crippen MR) is 75.7 cm³/mol. The number of alkyl halides is 3. The summed E-state index contributed by atoms with van der Waals surface area (Å²) in [4.78, 5) is 12.1. The SMILES string of the molecule is O=C(NCC1(CO)CC1)C1CC1c1ccccc1OC(F)(F)F. The molecule has 4 nitrogen and oxygen atoms in total. The molecule has 2 fully saturated rings. The normalized spacial score (nSPS) is 24.9. The first-order chi connectivity index (χ1) is 10.8. The van der Waals surface area contributed by atoms with E-state index in [1.165, 1.54) is 12.1 Å². The number of carbonyl (C=O) groups is 1. The lowest BCUT2D eigenvalue weighted by Gasteiger charge is -2.14. The van der Waals surface area contributed by atoms with Gasteiger partial charge < -0.3 is 15.2 Å². The van der Waals surface area contributed by atoms with Crippen molar-refractivity contribution in [2.24, 2.45) is 11.3 Å². The number of aliphatic hydroxyl groups is 1. The zero-order valence-electron chi connectivity index (χ0n) is 12.4. The van der Waals surface area contributed by atoms with Gasteiger partial charge in [0.1, 0.15) is 5.75 Å². The number of amides is 1. The van der Waals surface area contributed by atoms with Crippen LogP contribution < -0.4 is 10.1 Å². The molecule has 1 amide bonds. The lowest BCUT2D eigenvalue weighted by atomic mass is 10.1. The van der Waals surface area contributed by atoms with E-state index in [4.69, 9.17) is 0 Å². The van der Waals surface area contributed by atoms with Crippen molar-refractivity contribution >= 4 is 5.91 Å². The number of ether oxygens (including phenoxy) is 1. The first-order valence-corrected chi connectivity index (χ1v) is 7.57. The smallest absolute Gasteiger partial charge is 0.405 e. The van der Waals surface area contributed by atoms with Crippen LogP contribution in [0, 0.1) is 11.3 Å². The third-order valence-corrected chi connectivity index (χ3v) is 4.60. The molecular weight excluding hydrogens is 311 g/mol. The summed E-state index contributed by atoms with van der Waals surface area (Å²) in [5.41, 5.74) is 0.227. The fourth-order valence-corrected chi connectivity index (χ4v) is 2.81. The van der Waals surface area contributed by atoms with E-state index in [9.17, 15) is 23.1 Å². The van der Waals surface area contributed by atoms with Crippen LogP contribution in [0.25, 0.3) is 0 Å². The van der Waals surface area contributed by atoms with Crippen LogP contribution in [0.3, 0.4) is 0 Å². The van der Waals surface area contributed by atoms with Crippen molar-refractivity contribution in [3.05, 3.63) is 29.8 Å². The number of carbonyl (C=O) groups excluding carboxylic acids is 1. The Morgan fingerprint density at radius 2 is 2.04 bits per heavy atom. The highest BCUT2D eigenvalue weighted by Gasteiger charge is 2.48. The molecule has 2 unspecified atom stereocenters. The van der Waals surface area contributed by atoms with E-state index in [-0.39, 0.29) is 35.5 Å². The molecule has 0 aromatic heterocycles. The number of para-hydroxylation sites is 1. The van der Waals surface area contributed by atoms with Crippen LogP contribution in [0.1, 0.15) is 30.7 Å². The highest BCUT2D eigenvalue weighted by atomic mass is 19.4. The van der Waals surface area contributed by atoms with Crippen molar-refractivity contribution in [2.75, 3.05) is 13.2 Å². The van der Waals surface area contributed by atoms with E-state index in [2.05, 4.69) is 10.1 Å². The Labute approximate surface area is 131 Å². The van der Waals surface area contributed by atoms with Crippen LogP contribution in [-0.2, 0) is 4.79 Å². The maximum absolute atomic E-state index is 12.4. The van der Waals surface area contributed by atoms with E-state index in [0.29, 0.717) is 18.5 Å². The third kappa shape index (κ3) is 3.77. The molecule has 0 bridgehead atoms. The van der Waals surface area contributed by atoms with Crippen LogP contribution in [0.4, 0.5) is 13.2 Å². The Hall–Kier alpha value is -1.76. The highest BCUT2D eigenvalue weighted by Crippen LogP contribution is 2.51. The Kier molecular flexibility index (Phi) is 4.00. The largest absolute Gasteiger partial charge is 0.573 e. The summed E-state index contributed by atoms with van der Waals surface area (Å²) in [5, 5.41) is 12.0. The summed E-state index contributed by atoms with van der Waals surface area (Å²) >= 11 is 0. The first-order valence-electron chi connectivity index (χ1n) is 7.57. The molecule has 2 aliphatic rings. The van der Waals surface area contributed by atoms with Crippen molar-refractivity contribution in [3.8, 4) is 5.75 Å². The summed E-state index contributed by atoms with van der Waals surface area (Å²) in [7, 11) is 0. The van der Waals surface area contributed by atoms with Gasteiger partial charge in [-0.25, -0.2) is 0 Å². The van der Waals surface area contributed by atoms with E-state index < -0.39 is 6.36 Å². The molecule has 7 heteroatoms. The van der Waals surface area contributed by atoms with Crippen molar-refractivity contribution in [1.82, 2.24) is 5.32 Å². The summed E-state index contributed by atoms with van der Waals surface area (Å²) in [5.74, 6) is -0.994. The van der Waals surface area contributed by atoms with Crippen molar-refractivity contribution in [1.29, 1.82) is 0 Å². The monoisotopic (exact) mass is 329 g/mol. The molecule has 0 spiro atoms. The molecule has 1 aromatic rings. The number of hydrogen-bond donors (Lipinski definition) is 2. The minimum absolute atomic E-state index is 0.0453.